The molecule has 0 bridgehead atoms. The van der Waals surface area contributed by atoms with Crippen LogP contribution in [0.25, 0.3) is 10.2 Å². The molecule has 0 radical (unpaired) electrons. The van der Waals surface area contributed by atoms with E-state index in [0.29, 0.717) is 5.13 Å². The maximum atomic E-state index is 12.3. The standard InChI is InChI=1S/C21H23BrN2O2S/c1-5-13-10-15(22)7-9-17(13)26-12-19(25)24-20-23-16-8-6-14(21(2,3)4)11-18(16)27-20/h6-11H,5,12H2,1-4H3,(H,23,24,25). The minimum atomic E-state index is -0.213. The zero-order valence-electron chi connectivity index (χ0n) is 15.9. The molecule has 142 valence electrons. The highest BCUT2D eigenvalue weighted by Gasteiger charge is 2.16. The van der Waals surface area contributed by atoms with Crippen LogP contribution in [-0.2, 0) is 16.6 Å². The van der Waals surface area contributed by atoms with Gasteiger partial charge in [-0.25, -0.2) is 4.98 Å². The molecule has 0 saturated heterocycles. The molecule has 0 atom stereocenters. The molecule has 0 spiro atoms. The summed E-state index contributed by atoms with van der Waals surface area (Å²) in [5.41, 5.74) is 3.29. The number of hydrogen-bond donors (Lipinski definition) is 1. The molecule has 0 saturated carbocycles. The highest BCUT2D eigenvalue weighted by Crippen LogP contribution is 2.31. The number of carbonyl (C=O) groups excluding carboxylic acids is 1. The van der Waals surface area contributed by atoms with Gasteiger partial charge in [0.05, 0.1) is 10.2 Å². The van der Waals surface area contributed by atoms with Crippen molar-refractivity contribution in [3.63, 3.8) is 0 Å². The Morgan fingerprint density at radius 2 is 2.00 bits per heavy atom. The van der Waals surface area contributed by atoms with Crippen LogP contribution in [0, 0.1) is 0 Å². The molecule has 1 aromatic heterocycles. The van der Waals surface area contributed by atoms with Crippen molar-refractivity contribution in [2.24, 2.45) is 0 Å². The normalized spacial score (nSPS) is 11.6. The van der Waals surface area contributed by atoms with Crippen molar-refractivity contribution in [3.8, 4) is 5.75 Å². The van der Waals surface area contributed by atoms with Gasteiger partial charge < -0.3 is 4.74 Å². The van der Waals surface area contributed by atoms with Gasteiger partial charge >= 0.3 is 0 Å². The molecule has 1 heterocycles. The van der Waals surface area contributed by atoms with Crippen molar-refractivity contribution in [1.29, 1.82) is 0 Å². The zero-order chi connectivity index (χ0) is 19.6. The number of carbonyl (C=O) groups is 1. The summed E-state index contributed by atoms with van der Waals surface area (Å²) >= 11 is 4.94. The second-order valence-corrected chi connectivity index (χ2v) is 9.34. The highest BCUT2D eigenvalue weighted by atomic mass is 79.9. The van der Waals surface area contributed by atoms with E-state index in [1.165, 1.54) is 16.9 Å². The third kappa shape index (κ3) is 4.87. The molecule has 0 fully saturated rings. The quantitative estimate of drug-likeness (QED) is 0.527. The van der Waals surface area contributed by atoms with Gasteiger partial charge in [-0.15, -0.1) is 0 Å². The van der Waals surface area contributed by atoms with E-state index in [1.54, 1.807) is 0 Å². The Morgan fingerprint density at radius 1 is 1.22 bits per heavy atom. The molecule has 0 unspecified atom stereocenters. The van der Waals surface area contributed by atoms with E-state index in [-0.39, 0.29) is 17.9 Å². The Morgan fingerprint density at radius 3 is 2.70 bits per heavy atom. The molecular weight excluding hydrogens is 424 g/mol. The van der Waals surface area contributed by atoms with E-state index < -0.39 is 0 Å². The van der Waals surface area contributed by atoms with E-state index in [2.05, 4.69) is 66.1 Å². The largest absolute Gasteiger partial charge is 0.483 e. The van der Waals surface area contributed by atoms with Crippen LogP contribution >= 0.6 is 27.3 Å². The maximum absolute atomic E-state index is 12.3. The Labute approximate surface area is 172 Å². The number of amides is 1. The predicted molar refractivity (Wildman–Crippen MR) is 116 cm³/mol. The molecule has 0 aliphatic carbocycles. The fourth-order valence-corrected chi connectivity index (χ4v) is 4.04. The van der Waals surface area contributed by atoms with Crippen LogP contribution in [0.2, 0.25) is 0 Å². The topological polar surface area (TPSA) is 51.2 Å². The number of nitrogens with zero attached hydrogens (tertiary/aromatic N) is 1. The number of fused-ring (bicyclic) bond motifs is 1. The van der Waals surface area contributed by atoms with Crippen molar-refractivity contribution in [1.82, 2.24) is 4.98 Å². The van der Waals surface area contributed by atoms with Crippen LogP contribution in [0.5, 0.6) is 5.75 Å². The first-order valence-corrected chi connectivity index (χ1v) is 10.5. The first kappa shape index (κ1) is 19.8. The predicted octanol–water partition coefficient (Wildman–Crippen LogP) is 5.94. The monoisotopic (exact) mass is 446 g/mol. The fraction of sp³-hybridized carbons (Fsp3) is 0.333. The smallest absolute Gasteiger partial charge is 0.264 e. The van der Waals surface area contributed by atoms with E-state index in [1.807, 2.05) is 24.3 Å². The SMILES string of the molecule is CCc1cc(Br)ccc1OCC(=O)Nc1nc2ccc(C(C)(C)C)cc2s1. The van der Waals surface area contributed by atoms with Crippen molar-refractivity contribution in [2.75, 3.05) is 11.9 Å². The van der Waals surface area contributed by atoms with Crippen LogP contribution < -0.4 is 10.1 Å². The summed E-state index contributed by atoms with van der Waals surface area (Å²) in [6.45, 7) is 8.56. The van der Waals surface area contributed by atoms with E-state index in [0.717, 1.165) is 32.4 Å². The number of thiazole rings is 1. The third-order valence-corrected chi connectivity index (χ3v) is 5.69. The first-order valence-electron chi connectivity index (χ1n) is 8.88. The Bertz CT molecular complexity index is 976. The number of halogens is 1. The zero-order valence-corrected chi connectivity index (χ0v) is 18.3. The van der Waals surface area contributed by atoms with Crippen LogP contribution in [0.3, 0.4) is 0 Å². The van der Waals surface area contributed by atoms with Gasteiger partial charge in [0.2, 0.25) is 0 Å². The van der Waals surface area contributed by atoms with Crippen LogP contribution in [0.15, 0.2) is 40.9 Å². The lowest BCUT2D eigenvalue weighted by Crippen LogP contribution is -2.20. The van der Waals surface area contributed by atoms with Crippen molar-refractivity contribution >= 4 is 48.5 Å². The van der Waals surface area contributed by atoms with E-state index in [4.69, 9.17) is 4.74 Å². The number of nitrogens with one attached hydrogen (secondary N) is 1. The van der Waals surface area contributed by atoms with Crippen molar-refractivity contribution < 1.29 is 9.53 Å². The van der Waals surface area contributed by atoms with Crippen LogP contribution in [-0.4, -0.2) is 17.5 Å². The maximum Gasteiger partial charge on any atom is 0.264 e. The lowest BCUT2D eigenvalue weighted by atomic mass is 9.87. The summed E-state index contributed by atoms with van der Waals surface area (Å²) in [6.07, 6.45) is 0.838. The lowest BCUT2D eigenvalue weighted by molar-refractivity contribution is -0.118. The van der Waals surface area contributed by atoms with Gasteiger partial charge in [-0.3, -0.25) is 10.1 Å². The molecule has 27 heavy (non-hydrogen) atoms. The number of benzene rings is 2. The molecule has 1 amide bonds. The van der Waals surface area contributed by atoms with Gasteiger partial charge in [0.25, 0.3) is 5.91 Å². The van der Waals surface area contributed by atoms with Crippen molar-refractivity contribution in [3.05, 3.63) is 52.0 Å². The summed E-state index contributed by atoms with van der Waals surface area (Å²) in [7, 11) is 0. The second-order valence-electron chi connectivity index (χ2n) is 7.39. The Balaban J connectivity index is 1.67. The lowest BCUT2D eigenvalue weighted by Gasteiger charge is -2.18. The third-order valence-electron chi connectivity index (χ3n) is 4.26. The minimum Gasteiger partial charge on any atom is -0.483 e. The number of rotatable bonds is 5. The van der Waals surface area contributed by atoms with E-state index in [9.17, 15) is 4.79 Å². The minimum absolute atomic E-state index is 0.0439. The van der Waals surface area contributed by atoms with Gasteiger partial charge in [-0.2, -0.15) is 0 Å². The average molecular weight is 447 g/mol. The summed E-state index contributed by atoms with van der Waals surface area (Å²) in [5, 5.41) is 3.44. The number of hydrogen-bond acceptors (Lipinski definition) is 4. The van der Waals surface area contributed by atoms with Gasteiger partial charge in [-0.05, 0) is 53.3 Å². The van der Waals surface area contributed by atoms with Crippen LogP contribution in [0.4, 0.5) is 5.13 Å². The number of aryl methyl sites for hydroxylation is 1. The van der Waals surface area contributed by atoms with Gasteiger partial charge in [0, 0.05) is 4.47 Å². The fourth-order valence-electron chi connectivity index (χ4n) is 2.71. The second kappa shape index (κ2) is 7.98. The molecule has 3 rings (SSSR count). The Kier molecular flexibility index (Phi) is 5.86. The Hall–Kier alpha value is -1.92. The summed E-state index contributed by atoms with van der Waals surface area (Å²) in [6, 6.07) is 12.0. The molecule has 4 nitrogen and oxygen atoms in total. The summed E-state index contributed by atoms with van der Waals surface area (Å²) in [4.78, 5) is 16.8. The molecule has 6 heteroatoms. The van der Waals surface area contributed by atoms with Crippen LogP contribution in [0.1, 0.15) is 38.8 Å². The number of aromatic nitrogens is 1. The number of anilines is 1. The summed E-state index contributed by atoms with van der Waals surface area (Å²) < 4.78 is 7.77. The van der Waals surface area contributed by atoms with Crippen molar-refractivity contribution in [2.45, 2.75) is 39.5 Å². The van der Waals surface area contributed by atoms with Gasteiger partial charge in [0.1, 0.15) is 5.75 Å². The molecule has 0 aliphatic heterocycles. The highest BCUT2D eigenvalue weighted by molar-refractivity contribution is 9.10. The number of ether oxygens (including phenoxy) is 1. The summed E-state index contributed by atoms with van der Waals surface area (Å²) in [5.74, 6) is 0.519. The van der Waals surface area contributed by atoms with E-state index >= 15 is 0 Å². The molecular formula is C21H23BrN2O2S. The first-order chi connectivity index (χ1) is 12.8. The van der Waals surface area contributed by atoms with Gasteiger partial charge in [-0.1, -0.05) is 61.0 Å². The molecule has 3 aromatic rings. The molecule has 0 aliphatic rings. The van der Waals surface area contributed by atoms with Gasteiger partial charge in [0.15, 0.2) is 11.7 Å². The molecule has 2 aromatic carbocycles. The average Bonchev–Trinajstić information content (AvgIpc) is 3.01. The molecule has 1 N–H and O–H groups in total.